The van der Waals surface area contributed by atoms with Gasteiger partial charge >= 0.3 is 5.69 Å². The average molecular weight is 544 g/mol. The molecule has 0 amide bonds. The van der Waals surface area contributed by atoms with Crippen LogP contribution in [0.1, 0.15) is 38.1 Å². The van der Waals surface area contributed by atoms with E-state index in [-0.39, 0.29) is 18.5 Å². The molecule has 0 atom stereocenters. The van der Waals surface area contributed by atoms with Gasteiger partial charge in [0.05, 0.1) is 24.4 Å². The molecule has 37 heavy (non-hydrogen) atoms. The van der Waals surface area contributed by atoms with E-state index in [9.17, 15) is 4.79 Å². The number of ether oxygens (including phenoxy) is 2. The minimum atomic E-state index is -1.25. The number of imidazole rings is 1. The van der Waals surface area contributed by atoms with Crippen LogP contribution in [0.3, 0.4) is 0 Å². The molecule has 0 radical (unpaired) electrons. The molecular formula is C25H34ClN7O3Si. The quantitative estimate of drug-likeness (QED) is 0.268. The summed E-state index contributed by atoms with van der Waals surface area (Å²) in [5, 5.41) is 12.7. The summed E-state index contributed by atoms with van der Waals surface area (Å²) in [6.07, 6.45) is 7.16. The van der Waals surface area contributed by atoms with E-state index in [0.29, 0.717) is 52.6 Å². The Morgan fingerprint density at radius 1 is 1.22 bits per heavy atom. The number of halogens is 1. The Morgan fingerprint density at radius 3 is 2.65 bits per heavy atom. The standard InChI is InChI=1S/C25H34ClN7O3Si/c1-35-23-20(13-18(26)14-28-23)30-24-29-15-21-22(31-24)33(19-7-5-17(6-8-19)9-10-27)25(34)32(21)16-36-11-12-37(2,3)4/h13-15,17,19H,5-9,11-12,16H2,1-4H3,(H,29,30,31)/t17-,19-. The van der Waals surface area contributed by atoms with Crippen LogP contribution in [-0.2, 0) is 11.5 Å². The fourth-order valence-corrected chi connectivity index (χ4v) is 5.56. The van der Waals surface area contributed by atoms with Gasteiger partial charge < -0.3 is 14.8 Å². The van der Waals surface area contributed by atoms with Crippen molar-refractivity contribution in [1.29, 1.82) is 5.26 Å². The summed E-state index contributed by atoms with van der Waals surface area (Å²) in [6.45, 7) is 7.65. The second-order valence-corrected chi connectivity index (χ2v) is 16.8. The molecule has 3 aromatic heterocycles. The number of anilines is 2. The van der Waals surface area contributed by atoms with E-state index in [0.717, 1.165) is 31.7 Å². The Labute approximate surface area is 222 Å². The van der Waals surface area contributed by atoms with Crippen molar-refractivity contribution in [3.63, 3.8) is 0 Å². The lowest BCUT2D eigenvalue weighted by molar-refractivity contribution is 0.0866. The number of nitrogens with zero attached hydrogens (tertiary/aromatic N) is 6. The fraction of sp³-hybridized carbons (Fsp3) is 0.560. The van der Waals surface area contributed by atoms with Gasteiger partial charge in [0.1, 0.15) is 17.9 Å². The summed E-state index contributed by atoms with van der Waals surface area (Å²) in [6, 6.07) is 4.98. The molecule has 0 aromatic carbocycles. The largest absolute Gasteiger partial charge is 0.480 e. The summed E-state index contributed by atoms with van der Waals surface area (Å²) >= 11 is 6.13. The van der Waals surface area contributed by atoms with Gasteiger partial charge in [-0.25, -0.2) is 14.8 Å². The van der Waals surface area contributed by atoms with Crippen molar-refractivity contribution in [3.05, 3.63) is 34.0 Å². The van der Waals surface area contributed by atoms with Crippen molar-refractivity contribution in [2.45, 2.75) is 70.6 Å². The van der Waals surface area contributed by atoms with Gasteiger partial charge in [-0.1, -0.05) is 31.2 Å². The lowest BCUT2D eigenvalue weighted by Gasteiger charge is -2.27. The van der Waals surface area contributed by atoms with Gasteiger partial charge in [0.15, 0.2) is 5.65 Å². The second kappa shape index (κ2) is 11.6. The Morgan fingerprint density at radius 2 is 1.97 bits per heavy atom. The molecule has 198 valence electrons. The SMILES string of the molecule is COc1ncc(Cl)cc1Nc1ncc2c(n1)n([C@H]1CC[C@H](CC#N)CC1)c(=O)n2COCC[Si](C)(C)C. The van der Waals surface area contributed by atoms with Crippen molar-refractivity contribution in [3.8, 4) is 11.9 Å². The Hall–Kier alpha value is -2.94. The van der Waals surface area contributed by atoms with Crippen LogP contribution in [0.15, 0.2) is 23.3 Å². The van der Waals surface area contributed by atoms with Gasteiger partial charge in [-0.05, 0) is 43.7 Å². The topological polar surface area (TPSA) is 120 Å². The summed E-state index contributed by atoms with van der Waals surface area (Å²) in [4.78, 5) is 27.1. The highest BCUT2D eigenvalue weighted by Gasteiger charge is 2.27. The fourth-order valence-electron chi connectivity index (χ4n) is 4.64. The molecule has 1 N–H and O–H groups in total. The Bertz CT molecular complexity index is 1340. The summed E-state index contributed by atoms with van der Waals surface area (Å²) in [7, 11) is 0.269. The molecule has 0 aliphatic heterocycles. The van der Waals surface area contributed by atoms with Gasteiger partial charge in [0, 0.05) is 33.3 Å². The van der Waals surface area contributed by atoms with Crippen molar-refractivity contribution in [1.82, 2.24) is 24.1 Å². The van der Waals surface area contributed by atoms with Crippen LogP contribution >= 0.6 is 11.6 Å². The number of rotatable bonds is 10. The number of methoxy groups -OCH3 is 1. The van der Waals surface area contributed by atoms with E-state index < -0.39 is 8.07 Å². The first-order valence-corrected chi connectivity index (χ1v) is 16.7. The molecule has 1 aliphatic rings. The molecule has 1 fully saturated rings. The van der Waals surface area contributed by atoms with Crippen LogP contribution in [0.5, 0.6) is 5.88 Å². The van der Waals surface area contributed by atoms with Crippen molar-refractivity contribution in [2.24, 2.45) is 5.92 Å². The second-order valence-electron chi connectivity index (χ2n) is 10.7. The Kier molecular flexibility index (Phi) is 8.52. The van der Waals surface area contributed by atoms with E-state index in [1.165, 1.54) is 13.3 Å². The molecule has 10 nitrogen and oxygen atoms in total. The molecule has 1 saturated carbocycles. The molecule has 0 spiro atoms. The van der Waals surface area contributed by atoms with Crippen LogP contribution in [0.2, 0.25) is 30.7 Å². The van der Waals surface area contributed by atoms with Crippen LogP contribution in [-0.4, -0.2) is 45.9 Å². The number of aromatic nitrogens is 5. The normalized spacial score (nSPS) is 18.1. The maximum Gasteiger partial charge on any atom is 0.332 e. The van der Waals surface area contributed by atoms with Crippen LogP contribution in [0.25, 0.3) is 11.2 Å². The molecule has 1 aliphatic carbocycles. The first-order valence-electron chi connectivity index (χ1n) is 12.6. The third-order valence-corrected chi connectivity index (χ3v) is 8.65. The minimum Gasteiger partial charge on any atom is -0.480 e. The molecule has 0 bridgehead atoms. The van der Waals surface area contributed by atoms with Gasteiger partial charge in [-0.3, -0.25) is 9.13 Å². The number of nitrogens with one attached hydrogen (secondary N) is 1. The molecule has 12 heteroatoms. The van der Waals surface area contributed by atoms with E-state index in [1.807, 2.05) is 0 Å². The van der Waals surface area contributed by atoms with Gasteiger partial charge in [0.2, 0.25) is 11.8 Å². The van der Waals surface area contributed by atoms with Crippen LogP contribution in [0.4, 0.5) is 11.6 Å². The number of nitriles is 1. The zero-order valence-corrected chi connectivity index (χ0v) is 23.6. The minimum absolute atomic E-state index is 0.00158. The molecule has 4 rings (SSSR count). The lowest BCUT2D eigenvalue weighted by atomic mass is 9.84. The third kappa shape index (κ3) is 6.50. The molecule has 3 heterocycles. The zero-order chi connectivity index (χ0) is 26.6. The third-order valence-electron chi connectivity index (χ3n) is 6.74. The van der Waals surface area contributed by atoms with Crippen molar-refractivity contribution >= 4 is 42.5 Å². The first kappa shape index (κ1) is 27.1. The number of hydrogen-bond acceptors (Lipinski definition) is 8. The van der Waals surface area contributed by atoms with E-state index >= 15 is 0 Å². The smallest absolute Gasteiger partial charge is 0.332 e. The van der Waals surface area contributed by atoms with Gasteiger partial charge in [0.25, 0.3) is 0 Å². The highest BCUT2D eigenvalue weighted by atomic mass is 35.5. The van der Waals surface area contributed by atoms with Gasteiger partial charge in [-0.15, -0.1) is 0 Å². The highest BCUT2D eigenvalue weighted by Crippen LogP contribution is 2.35. The number of fused-ring (bicyclic) bond motifs is 1. The van der Waals surface area contributed by atoms with Crippen molar-refractivity contribution in [2.75, 3.05) is 19.0 Å². The summed E-state index contributed by atoms with van der Waals surface area (Å²) in [5.74, 6) is 1.04. The monoisotopic (exact) mass is 543 g/mol. The predicted octanol–water partition coefficient (Wildman–Crippen LogP) is 5.35. The molecular weight excluding hydrogens is 510 g/mol. The van der Waals surface area contributed by atoms with Crippen molar-refractivity contribution < 1.29 is 9.47 Å². The predicted molar refractivity (Wildman–Crippen MR) is 146 cm³/mol. The average Bonchev–Trinajstić information content (AvgIpc) is 3.12. The summed E-state index contributed by atoms with van der Waals surface area (Å²) in [5.41, 5.74) is 1.54. The molecule has 3 aromatic rings. The molecule has 0 unspecified atom stereocenters. The van der Waals surface area contributed by atoms with Gasteiger partial charge in [-0.2, -0.15) is 10.2 Å². The van der Waals surface area contributed by atoms with Crippen LogP contribution in [0, 0.1) is 17.2 Å². The van der Waals surface area contributed by atoms with E-state index in [2.05, 4.69) is 41.0 Å². The number of hydrogen-bond donors (Lipinski definition) is 1. The highest BCUT2D eigenvalue weighted by molar-refractivity contribution is 6.76. The maximum absolute atomic E-state index is 13.7. The first-order chi connectivity index (χ1) is 17.7. The lowest BCUT2D eigenvalue weighted by Crippen LogP contribution is -2.31. The Balaban J connectivity index is 1.68. The molecule has 0 saturated heterocycles. The number of pyridine rings is 1. The van der Waals surface area contributed by atoms with E-state index in [4.69, 9.17) is 31.3 Å². The zero-order valence-electron chi connectivity index (χ0n) is 21.8. The van der Waals surface area contributed by atoms with E-state index in [1.54, 1.807) is 21.4 Å². The summed E-state index contributed by atoms with van der Waals surface area (Å²) < 4.78 is 14.7. The van der Waals surface area contributed by atoms with Crippen LogP contribution < -0.4 is 15.7 Å². The maximum atomic E-state index is 13.7.